The Bertz CT molecular complexity index is 758. The molecule has 1 heterocycles. The third-order valence-corrected chi connectivity index (χ3v) is 6.02. The molecular formula is C26H42O9. The lowest BCUT2D eigenvalue weighted by Crippen LogP contribution is -2.60. The number of rotatable bonds is 15. The topological polar surface area (TPSA) is 146 Å². The van der Waals surface area contributed by atoms with E-state index in [1.807, 2.05) is 13.8 Å². The fourth-order valence-electron chi connectivity index (χ4n) is 3.75. The van der Waals surface area contributed by atoms with Crippen molar-refractivity contribution in [3.8, 4) is 0 Å². The monoisotopic (exact) mass is 498 g/mol. The molecule has 0 aromatic heterocycles. The van der Waals surface area contributed by atoms with E-state index >= 15 is 0 Å². The van der Waals surface area contributed by atoms with Crippen LogP contribution in [0.3, 0.4) is 0 Å². The molecule has 35 heavy (non-hydrogen) atoms. The number of carbonyl (C=O) groups excluding carboxylic acids is 1. The molecule has 0 amide bonds. The molecule has 9 nitrogen and oxygen atoms in total. The van der Waals surface area contributed by atoms with Crippen LogP contribution in [0.5, 0.6) is 0 Å². The molecule has 200 valence electrons. The van der Waals surface area contributed by atoms with Crippen molar-refractivity contribution >= 4 is 6.47 Å². The second-order valence-electron chi connectivity index (χ2n) is 9.27. The Morgan fingerprint density at radius 1 is 1.09 bits per heavy atom. The van der Waals surface area contributed by atoms with E-state index in [2.05, 4.69) is 23.5 Å². The lowest BCUT2D eigenvalue weighted by atomic mass is 9.96. The quantitative estimate of drug-likeness (QED) is 0.130. The molecule has 1 rings (SSSR count). The van der Waals surface area contributed by atoms with Gasteiger partial charge in [0.1, 0.15) is 30.2 Å². The zero-order valence-corrected chi connectivity index (χ0v) is 21.2. The highest BCUT2D eigenvalue weighted by atomic mass is 16.7. The van der Waals surface area contributed by atoms with Gasteiger partial charge in [-0.05, 0) is 65.9 Å². The van der Waals surface area contributed by atoms with Gasteiger partial charge >= 0.3 is 0 Å². The average molecular weight is 499 g/mol. The number of aliphatic hydroxyl groups is 5. The number of carbonyl (C=O) groups is 1. The normalized spacial score (nSPS) is 28.8. The molecule has 3 unspecified atom stereocenters. The molecule has 7 atom stereocenters. The Morgan fingerprint density at radius 2 is 1.74 bits per heavy atom. The lowest BCUT2D eigenvalue weighted by Gasteiger charge is -2.42. The lowest BCUT2D eigenvalue weighted by molar-refractivity contribution is -0.319. The highest BCUT2D eigenvalue weighted by molar-refractivity contribution is 5.39. The molecule has 0 aromatic carbocycles. The van der Waals surface area contributed by atoms with Crippen LogP contribution in [-0.4, -0.2) is 81.0 Å². The molecule has 1 aliphatic heterocycles. The van der Waals surface area contributed by atoms with E-state index in [1.165, 1.54) is 11.6 Å². The Labute approximate surface area is 208 Å². The first kappa shape index (κ1) is 31.2. The van der Waals surface area contributed by atoms with Crippen molar-refractivity contribution in [3.63, 3.8) is 0 Å². The summed E-state index contributed by atoms with van der Waals surface area (Å²) in [7, 11) is 0. The van der Waals surface area contributed by atoms with Crippen LogP contribution >= 0.6 is 0 Å². The first-order valence-electron chi connectivity index (χ1n) is 11.9. The van der Waals surface area contributed by atoms with Crippen LogP contribution in [0.15, 0.2) is 47.8 Å². The minimum absolute atomic E-state index is 0.329. The second-order valence-corrected chi connectivity index (χ2v) is 9.27. The van der Waals surface area contributed by atoms with Crippen LogP contribution in [0.4, 0.5) is 0 Å². The van der Waals surface area contributed by atoms with Crippen molar-refractivity contribution in [2.45, 2.75) is 102 Å². The van der Waals surface area contributed by atoms with Crippen LogP contribution < -0.4 is 0 Å². The first-order chi connectivity index (χ1) is 16.5. The first-order valence-corrected chi connectivity index (χ1v) is 11.9. The second kappa shape index (κ2) is 15.3. The Kier molecular flexibility index (Phi) is 13.6. The highest BCUT2D eigenvalue weighted by Crippen LogP contribution is 2.29. The van der Waals surface area contributed by atoms with Gasteiger partial charge in [-0.2, -0.15) is 0 Å². The summed E-state index contributed by atoms with van der Waals surface area (Å²) in [5.74, 6) is 0.362. The number of hydrogen-bond acceptors (Lipinski definition) is 9. The number of aliphatic hydroxyl groups excluding tert-OH is 5. The molecule has 1 saturated heterocycles. The van der Waals surface area contributed by atoms with Crippen LogP contribution in [0.1, 0.15) is 59.8 Å². The maximum Gasteiger partial charge on any atom is 0.298 e. The summed E-state index contributed by atoms with van der Waals surface area (Å²) >= 11 is 0. The molecule has 0 radical (unpaired) electrons. The zero-order chi connectivity index (χ0) is 26.6. The zero-order valence-electron chi connectivity index (χ0n) is 21.2. The molecule has 5 N–H and O–H groups in total. The predicted molar refractivity (Wildman–Crippen MR) is 131 cm³/mol. The average Bonchev–Trinajstić information content (AvgIpc) is 2.79. The molecule has 1 aliphatic rings. The number of hydrogen-bond donors (Lipinski definition) is 5. The van der Waals surface area contributed by atoms with E-state index in [9.17, 15) is 30.3 Å². The van der Waals surface area contributed by atoms with Crippen LogP contribution in [0.25, 0.3) is 0 Å². The summed E-state index contributed by atoms with van der Waals surface area (Å²) in [6, 6.07) is 0. The minimum Gasteiger partial charge on any atom is -0.434 e. The molecule has 0 bridgehead atoms. The van der Waals surface area contributed by atoms with Crippen molar-refractivity contribution in [3.05, 3.63) is 47.8 Å². The Hall–Kier alpha value is -1.85. The van der Waals surface area contributed by atoms with Gasteiger partial charge in [-0.25, -0.2) is 0 Å². The van der Waals surface area contributed by atoms with Crippen molar-refractivity contribution in [1.82, 2.24) is 0 Å². The third-order valence-electron chi connectivity index (χ3n) is 6.02. The molecule has 0 spiro atoms. The Balaban J connectivity index is 2.55. The van der Waals surface area contributed by atoms with Gasteiger partial charge in [0.25, 0.3) is 6.47 Å². The van der Waals surface area contributed by atoms with Gasteiger partial charge in [0.2, 0.25) is 0 Å². The maximum atomic E-state index is 10.3. The van der Waals surface area contributed by atoms with Crippen LogP contribution in [0, 0.1) is 0 Å². The van der Waals surface area contributed by atoms with Crippen molar-refractivity contribution in [2.75, 3.05) is 6.61 Å². The van der Waals surface area contributed by atoms with E-state index in [1.54, 1.807) is 19.9 Å². The molecule has 0 aromatic rings. The van der Waals surface area contributed by atoms with Crippen LogP contribution in [0.2, 0.25) is 0 Å². The summed E-state index contributed by atoms with van der Waals surface area (Å²) in [5, 5.41) is 49.5. The van der Waals surface area contributed by atoms with E-state index < -0.39 is 49.0 Å². The fourth-order valence-corrected chi connectivity index (χ4v) is 3.75. The van der Waals surface area contributed by atoms with Gasteiger partial charge < -0.3 is 39.7 Å². The van der Waals surface area contributed by atoms with Crippen molar-refractivity contribution in [1.29, 1.82) is 0 Å². The van der Waals surface area contributed by atoms with E-state index in [-0.39, 0.29) is 0 Å². The standard InChI is InChI=1S/C26H42O9/c1-6-26(5,35-25-24(32)23(31)22(30)21(15-27)34-25)12-8-11-17(2)9-7-10-18(3)13-20(29)14-19(4)33-16-28/h6,10-11,14,16,20-25,27,29-32H,1,7-9,12-13,15H2,2-5H3/b17-11+,18-10+,19-14+/t20?,21?,22-,23+,24?,25+,26-/m1/s1. The number of ether oxygens (including phenoxy) is 3. The van der Waals surface area contributed by atoms with E-state index in [4.69, 9.17) is 9.47 Å². The molecule has 0 aliphatic carbocycles. The number of allylic oxidation sites excluding steroid dienone is 4. The SMILES string of the molecule is C=C[C@](C)(CC/C=C(\C)CC/C=C(\C)CC(O)/C=C(\C)OC=O)O[C@@H]1OC(CO)[C@@H](O)[C@H](O)C1O. The smallest absolute Gasteiger partial charge is 0.298 e. The third kappa shape index (κ3) is 10.7. The van der Waals surface area contributed by atoms with Gasteiger partial charge in [-0.1, -0.05) is 29.4 Å². The van der Waals surface area contributed by atoms with Gasteiger partial charge in [-0.15, -0.1) is 6.58 Å². The van der Waals surface area contributed by atoms with Gasteiger partial charge in [0.05, 0.1) is 18.3 Å². The molecule has 1 fully saturated rings. The summed E-state index contributed by atoms with van der Waals surface area (Å²) in [6.45, 7) is 11.0. The fraction of sp³-hybridized carbons (Fsp3) is 0.654. The van der Waals surface area contributed by atoms with E-state index in [0.717, 1.165) is 18.4 Å². The maximum absolute atomic E-state index is 10.3. The summed E-state index contributed by atoms with van der Waals surface area (Å²) < 4.78 is 16.0. The highest BCUT2D eigenvalue weighted by Gasteiger charge is 2.45. The molecule has 0 saturated carbocycles. The minimum atomic E-state index is -1.50. The van der Waals surface area contributed by atoms with Gasteiger partial charge in [0, 0.05) is 0 Å². The molecule has 9 heteroatoms. The predicted octanol–water partition coefficient (Wildman–Crippen LogP) is 2.03. The van der Waals surface area contributed by atoms with Crippen molar-refractivity contribution in [2.24, 2.45) is 0 Å². The van der Waals surface area contributed by atoms with Gasteiger partial charge in [0.15, 0.2) is 6.29 Å². The van der Waals surface area contributed by atoms with E-state index in [0.29, 0.717) is 31.5 Å². The van der Waals surface area contributed by atoms with Crippen molar-refractivity contribution < 1.29 is 44.5 Å². The Morgan fingerprint density at radius 3 is 2.34 bits per heavy atom. The van der Waals surface area contributed by atoms with Gasteiger partial charge in [-0.3, -0.25) is 4.79 Å². The summed E-state index contributed by atoms with van der Waals surface area (Å²) in [4.78, 5) is 10.3. The summed E-state index contributed by atoms with van der Waals surface area (Å²) in [6.07, 6.45) is 3.23. The van der Waals surface area contributed by atoms with Crippen LogP contribution in [-0.2, 0) is 19.0 Å². The molecular weight excluding hydrogens is 456 g/mol. The largest absolute Gasteiger partial charge is 0.434 e. The summed E-state index contributed by atoms with van der Waals surface area (Å²) in [5.41, 5.74) is 1.35.